The summed E-state index contributed by atoms with van der Waals surface area (Å²) in [4.78, 5) is 25.7. The van der Waals surface area contributed by atoms with Crippen LogP contribution in [0, 0.1) is 0 Å². The van der Waals surface area contributed by atoms with Crippen molar-refractivity contribution in [2.24, 2.45) is 5.73 Å². The molecule has 1 heterocycles. The highest BCUT2D eigenvalue weighted by molar-refractivity contribution is 5.88. The minimum Gasteiger partial charge on any atom is -0.342 e. The molecular formula is C8H15N3O2. The summed E-state index contributed by atoms with van der Waals surface area (Å²) in [7, 11) is 1.73. The summed E-state index contributed by atoms with van der Waals surface area (Å²) in [6.45, 7) is 2.97. The third kappa shape index (κ3) is 2.18. The van der Waals surface area contributed by atoms with Crippen molar-refractivity contribution in [2.45, 2.75) is 13.0 Å². The van der Waals surface area contributed by atoms with Crippen LogP contribution in [0.3, 0.4) is 0 Å². The zero-order chi connectivity index (χ0) is 10.0. The fourth-order valence-corrected chi connectivity index (χ4v) is 1.23. The predicted molar refractivity (Wildman–Crippen MR) is 47.9 cm³/mol. The summed E-state index contributed by atoms with van der Waals surface area (Å²) < 4.78 is 0. The van der Waals surface area contributed by atoms with Crippen molar-refractivity contribution in [3.05, 3.63) is 0 Å². The second-order valence-corrected chi connectivity index (χ2v) is 3.36. The molecule has 0 bridgehead atoms. The lowest BCUT2D eigenvalue weighted by Gasteiger charge is -2.32. The molecule has 1 unspecified atom stereocenters. The van der Waals surface area contributed by atoms with Crippen molar-refractivity contribution in [3.63, 3.8) is 0 Å². The highest BCUT2D eigenvalue weighted by atomic mass is 16.2. The molecule has 13 heavy (non-hydrogen) atoms. The van der Waals surface area contributed by atoms with Crippen LogP contribution >= 0.6 is 0 Å². The summed E-state index contributed by atoms with van der Waals surface area (Å²) in [5.41, 5.74) is 5.43. The first-order valence-electron chi connectivity index (χ1n) is 4.30. The molecule has 74 valence electrons. The Balaban J connectivity index is 2.55. The Morgan fingerprint density at radius 1 is 1.54 bits per heavy atom. The number of likely N-dealkylation sites (N-methyl/N-ethyl adjacent to an activating group) is 1. The smallest absolute Gasteiger partial charge is 0.241 e. The number of hydrogen-bond donors (Lipinski definition) is 1. The van der Waals surface area contributed by atoms with Crippen LogP contribution in [0.5, 0.6) is 0 Å². The SMILES string of the molecule is CC(N)C(=O)N1CCN(C)C(=O)C1. The van der Waals surface area contributed by atoms with E-state index in [4.69, 9.17) is 5.73 Å². The molecule has 5 heteroatoms. The number of rotatable bonds is 1. The van der Waals surface area contributed by atoms with E-state index in [1.807, 2.05) is 0 Å². The van der Waals surface area contributed by atoms with Gasteiger partial charge in [0.15, 0.2) is 0 Å². The van der Waals surface area contributed by atoms with E-state index in [1.165, 1.54) is 4.90 Å². The Bertz CT molecular complexity index is 227. The number of amides is 2. The van der Waals surface area contributed by atoms with E-state index in [0.29, 0.717) is 13.1 Å². The first kappa shape index (κ1) is 9.98. The van der Waals surface area contributed by atoms with Crippen molar-refractivity contribution in [3.8, 4) is 0 Å². The highest BCUT2D eigenvalue weighted by Gasteiger charge is 2.26. The summed E-state index contributed by atoms with van der Waals surface area (Å²) in [6, 6.07) is -0.517. The Morgan fingerprint density at radius 2 is 2.15 bits per heavy atom. The molecule has 0 radical (unpaired) electrons. The maximum absolute atomic E-state index is 11.4. The van der Waals surface area contributed by atoms with Crippen molar-refractivity contribution < 1.29 is 9.59 Å². The number of hydrogen-bond acceptors (Lipinski definition) is 3. The van der Waals surface area contributed by atoms with Crippen molar-refractivity contribution in [2.75, 3.05) is 26.7 Å². The molecule has 0 saturated carbocycles. The molecule has 0 aromatic rings. The predicted octanol–water partition coefficient (Wildman–Crippen LogP) is -1.37. The summed E-state index contributed by atoms with van der Waals surface area (Å²) in [5, 5.41) is 0. The fraction of sp³-hybridized carbons (Fsp3) is 0.750. The molecule has 5 nitrogen and oxygen atoms in total. The molecule has 1 saturated heterocycles. The maximum Gasteiger partial charge on any atom is 0.241 e. The van der Waals surface area contributed by atoms with Gasteiger partial charge >= 0.3 is 0 Å². The van der Waals surface area contributed by atoms with Gasteiger partial charge in [-0.05, 0) is 6.92 Å². The zero-order valence-electron chi connectivity index (χ0n) is 7.99. The Hall–Kier alpha value is -1.10. The Kier molecular flexibility index (Phi) is 2.87. The lowest BCUT2D eigenvalue weighted by molar-refractivity contribution is -0.144. The Labute approximate surface area is 77.5 Å². The van der Waals surface area contributed by atoms with E-state index in [0.717, 1.165) is 0 Å². The molecule has 1 aliphatic rings. The van der Waals surface area contributed by atoms with Crippen LogP contribution in [-0.4, -0.2) is 54.3 Å². The molecule has 1 fully saturated rings. The molecule has 0 aromatic carbocycles. The van der Waals surface area contributed by atoms with Gasteiger partial charge in [-0.15, -0.1) is 0 Å². The van der Waals surface area contributed by atoms with E-state index in [2.05, 4.69) is 0 Å². The van der Waals surface area contributed by atoms with Crippen molar-refractivity contribution in [1.82, 2.24) is 9.80 Å². The minimum atomic E-state index is -0.517. The van der Waals surface area contributed by atoms with Gasteiger partial charge < -0.3 is 15.5 Å². The van der Waals surface area contributed by atoms with Gasteiger partial charge in [-0.3, -0.25) is 9.59 Å². The second kappa shape index (κ2) is 3.74. The second-order valence-electron chi connectivity index (χ2n) is 3.36. The van der Waals surface area contributed by atoms with Crippen LogP contribution in [-0.2, 0) is 9.59 Å². The van der Waals surface area contributed by atoms with Gasteiger partial charge in [0, 0.05) is 20.1 Å². The van der Waals surface area contributed by atoms with Crippen molar-refractivity contribution in [1.29, 1.82) is 0 Å². The summed E-state index contributed by atoms with van der Waals surface area (Å²) >= 11 is 0. The third-order valence-electron chi connectivity index (χ3n) is 2.16. The molecular weight excluding hydrogens is 170 g/mol. The number of piperazine rings is 1. The van der Waals surface area contributed by atoms with E-state index < -0.39 is 6.04 Å². The standard InChI is InChI=1S/C8H15N3O2/c1-6(9)8(13)11-4-3-10(2)7(12)5-11/h6H,3-5,9H2,1-2H3. The number of carbonyl (C=O) groups is 2. The van der Waals surface area contributed by atoms with Crippen LogP contribution < -0.4 is 5.73 Å². The first-order chi connectivity index (χ1) is 6.02. The van der Waals surface area contributed by atoms with E-state index in [9.17, 15) is 9.59 Å². The molecule has 0 spiro atoms. The lowest BCUT2D eigenvalue weighted by Crippen LogP contribution is -2.54. The van der Waals surface area contributed by atoms with Crippen LogP contribution in [0.2, 0.25) is 0 Å². The van der Waals surface area contributed by atoms with Gasteiger partial charge in [-0.2, -0.15) is 0 Å². The lowest BCUT2D eigenvalue weighted by atomic mass is 10.2. The normalized spacial score (nSPS) is 20.4. The average molecular weight is 185 g/mol. The molecule has 2 amide bonds. The van der Waals surface area contributed by atoms with E-state index in [1.54, 1.807) is 18.9 Å². The number of nitrogens with zero attached hydrogens (tertiary/aromatic N) is 2. The topological polar surface area (TPSA) is 66.6 Å². The van der Waals surface area contributed by atoms with E-state index >= 15 is 0 Å². The number of carbonyl (C=O) groups excluding carboxylic acids is 2. The average Bonchev–Trinajstić information content (AvgIpc) is 2.08. The number of nitrogens with two attached hydrogens (primary N) is 1. The molecule has 0 aliphatic carbocycles. The maximum atomic E-state index is 11.4. The monoisotopic (exact) mass is 185 g/mol. The van der Waals surface area contributed by atoms with Gasteiger partial charge in [-0.1, -0.05) is 0 Å². The van der Waals surface area contributed by atoms with Crippen molar-refractivity contribution >= 4 is 11.8 Å². The molecule has 1 aliphatic heterocycles. The van der Waals surface area contributed by atoms with Gasteiger partial charge in [0.1, 0.15) is 0 Å². The molecule has 0 aromatic heterocycles. The molecule has 1 rings (SSSR count). The first-order valence-corrected chi connectivity index (χ1v) is 4.30. The molecule has 2 N–H and O–H groups in total. The zero-order valence-corrected chi connectivity index (χ0v) is 7.99. The Morgan fingerprint density at radius 3 is 2.62 bits per heavy atom. The highest BCUT2D eigenvalue weighted by Crippen LogP contribution is 2.02. The third-order valence-corrected chi connectivity index (χ3v) is 2.16. The minimum absolute atomic E-state index is 0.0275. The quantitative estimate of drug-likeness (QED) is 0.548. The van der Waals surface area contributed by atoms with E-state index in [-0.39, 0.29) is 18.4 Å². The van der Waals surface area contributed by atoms with Crippen LogP contribution in [0.4, 0.5) is 0 Å². The molecule has 1 atom stereocenters. The van der Waals surface area contributed by atoms with Gasteiger partial charge in [0.05, 0.1) is 12.6 Å². The van der Waals surface area contributed by atoms with Gasteiger partial charge in [0.2, 0.25) is 11.8 Å². The van der Waals surface area contributed by atoms with Crippen LogP contribution in [0.15, 0.2) is 0 Å². The summed E-state index contributed by atoms with van der Waals surface area (Å²) in [5.74, 6) is -0.179. The van der Waals surface area contributed by atoms with Crippen LogP contribution in [0.25, 0.3) is 0 Å². The summed E-state index contributed by atoms with van der Waals surface area (Å²) in [6.07, 6.45) is 0. The van der Waals surface area contributed by atoms with Gasteiger partial charge in [0.25, 0.3) is 0 Å². The largest absolute Gasteiger partial charge is 0.342 e. The fourth-order valence-electron chi connectivity index (χ4n) is 1.23. The van der Waals surface area contributed by atoms with Gasteiger partial charge in [-0.25, -0.2) is 0 Å². The van der Waals surface area contributed by atoms with Crippen LogP contribution in [0.1, 0.15) is 6.92 Å².